The molecule has 0 aliphatic carbocycles. The largest absolute Gasteiger partial charge is 0.493 e. The molecule has 2 aromatic rings. The zero-order valence-corrected chi connectivity index (χ0v) is 22.8. The summed E-state index contributed by atoms with van der Waals surface area (Å²) in [6, 6.07) is 12.2. The van der Waals surface area contributed by atoms with Crippen molar-refractivity contribution in [2.45, 2.75) is 33.1 Å². The SMILES string of the molecule is CC(CCl)COc1c(Cl)cc(C(C)(C)c2ccc(OCC(C)CN3CCOCC3)cc2)cc1Cl. The number of rotatable bonds is 11. The van der Waals surface area contributed by atoms with Crippen LogP contribution in [0.1, 0.15) is 38.8 Å². The summed E-state index contributed by atoms with van der Waals surface area (Å²) in [6.07, 6.45) is 0. The number of morpholine rings is 1. The van der Waals surface area contributed by atoms with E-state index in [4.69, 9.17) is 49.0 Å². The molecule has 34 heavy (non-hydrogen) atoms. The number of nitrogens with zero attached hydrogens (tertiary/aromatic N) is 1. The van der Waals surface area contributed by atoms with Crippen molar-refractivity contribution in [3.8, 4) is 11.5 Å². The molecule has 2 unspecified atom stereocenters. The smallest absolute Gasteiger partial charge is 0.156 e. The molecule has 0 aromatic heterocycles. The predicted octanol–water partition coefficient (Wildman–Crippen LogP) is 6.92. The molecular formula is C27H36Cl3NO3. The molecule has 1 saturated heterocycles. The van der Waals surface area contributed by atoms with E-state index < -0.39 is 0 Å². The fourth-order valence-electron chi connectivity index (χ4n) is 3.98. The van der Waals surface area contributed by atoms with Gasteiger partial charge in [-0.15, -0.1) is 11.6 Å². The third-order valence-electron chi connectivity index (χ3n) is 6.28. The Hall–Kier alpha value is -1.17. The molecule has 2 atom stereocenters. The van der Waals surface area contributed by atoms with Crippen LogP contribution in [0, 0.1) is 11.8 Å². The van der Waals surface area contributed by atoms with Crippen LogP contribution in [0.5, 0.6) is 11.5 Å². The second kappa shape index (κ2) is 12.7. The average Bonchev–Trinajstić information content (AvgIpc) is 2.82. The van der Waals surface area contributed by atoms with Crippen molar-refractivity contribution in [2.24, 2.45) is 11.8 Å². The maximum atomic E-state index is 6.55. The first-order valence-corrected chi connectivity index (χ1v) is 13.2. The summed E-state index contributed by atoms with van der Waals surface area (Å²) >= 11 is 19.0. The van der Waals surface area contributed by atoms with Crippen LogP contribution in [-0.2, 0) is 10.2 Å². The molecule has 0 bridgehead atoms. The van der Waals surface area contributed by atoms with Gasteiger partial charge in [0.15, 0.2) is 5.75 Å². The molecule has 1 aliphatic rings. The molecular weight excluding hydrogens is 493 g/mol. The van der Waals surface area contributed by atoms with Crippen LogP contribution in [0.15, 0.2) is 36.4 Å². The summed E-state index contributed by atoms with van der Waals surface area (Å²) in [5.74, 6) is 2.57. The molecule has 0 saturated carbocycles. The zero-order chi connectivity index (χ0) is 24.7. The lowest BCUT2D eigenvalue weighted by Crippen LogP contribution is -2.39. The third kappa shape index (κ3) is 7.41. The summed E-state index contributed by atoms with van der Waals surface area (Å²) in [4.78, 5) is 2.44. The summed E-state index contributed by atoms with van der Waals surface area (Å²) in [5, 5.41) is 1.01. The third-order valence-corrected chi connectivity index (χ3v) is 7.37. The highest BCUT2D eigenvalue weighted by molar-refractivity contribution is 6.37. The van der Waals surface area contributed by atoms with Gasteiger partial charge in [0.25, 0.3) is 0 Å². The Morgan fingerprint density at radius 1 is 0.912 bits per heavy atom. The zero-order valence-electron chi connectivity index (χ0n) is 20.6. The molecule has 1 heterocycles. The first kappa shape index (κ1) is 27.4. The summed E-state index contributed by atoms with van der Waals surface area (Å²) in [6.45, 7) is 14.4. The molecule has 7 heteroatoms. The van der Waals surface area contributed by atoms with Crippen LogP contribution >= 0.6 is 34.8 Å². The van der Waals surface area contributed by atoms with Gasteiger partial charge in [-0.2, -0.15) is 0 Å². The van der Waals surface area contributed by atoms with Gasteiger partial charge >= 0.3 is 0 Å². The minimum Gasteiger partial charge on any atom is -0.493 e. The van der Waals surface area contributed by atoms with Gasteiger partial charge in [0.2, 0.25) is 0 Å². The van der Waals surface area contributed by atoms with Crippen molar-refractivity contribution in [3.63, 3.8) is 0 Å². The van der Waals surface area contributed by atoms with Crippen LogP contribution in [-0.4, -0.2) is 56.8 Å². The van der Waals surface area contributed by atoms with Crippen LogP contribution in [0.25, 0.3) is 0 Å². The lowest BCUT2D eigenvalue weighted by molar-refractivity contribution is 0.0283. The van der Waals surface area contributed by atoms with Crippen LogP contribution in [0.3, 0.4) is 0 Å². The van der Waals surface area contributed by atoms with E-state index in [1.54, 1.807) is 0 Å². The quantitative estimate of drug-likeness (QED) is 0.296. The Kier molecular flexibility index (Phi) is 10.2. The van der Waals surface area contributed by atoms with E-state index in [0.29, 0.717) is 40.8 Å². The van der Waals surface area contributed by atoms with Gasteiger partial charge in [-0.25, -0.2) is 0 Å². The predicted molar refractivity (Wildman–Crippen MR) is 142 cm³/mol. The van der Waals surface area contributed by atoms with Gasteiger partial charge < -0.3 is 14.2 Å². The Morgan fingerprint density at radius 2 is 1.50 bits per heavy atom. The minimum absolute atomic E-state index is 0.216. The van der Waals surface area contributed by atoms with Gasteiger partial charge in [0, 0.05) is 42.8 Å². The number of ether oxygens (including phenoxy) is 3. The normalized spacial score (nSPS) is 16.8. The molecule has 4 nitrogen and oxygen atoms in total. The molecule has 2 aromatic carbocycles. The fourth-order valence-corrected chi connectivity index (χ4v) is 4.66. The molecule has 1 aliphatic heterocycles. The molecule has 0 N–H and O–H groups in total. The van der Waals surface area contributed by atoms with E-state index in [1.165, 1.54) is 0 Å². The number of hydrogen-bond acceptors (Lipinski definition) is 4. The fraction of sp³-hybridized carbons (Fsp3) is 0.556. The summed E-state index contributed by atoms with van der Waals surface area (Å²) in [5.41, 5.74) is 1.88. The minimum atomic E-state index is -0.294. The van der Waals surface area contributed by atoms with Crippen molar-refractivity contribution in [3.05, 3.63) is 57.6 Å². The number of benzene rings is 2. The van der Waals surface area contributed by atoms with E-state index in [-0.39, 0.29) is 11.3 Å². The number of alkyl halides is 1. The lowest BCUT2D eigenvalue weighted by atomic mass is 9.78. The van der Waals surface area contributed by atoms with Crippen LogP contribution in [0.4, 0.5) is 0 Å². The monoisotopic (exact) mass is 527 g/mol. The van der Waals surface area contributed by atoms with E-state index in [2.05, 4.69) is 37.8 Å². The Balaban J connectivity index is 1.62. The molecule has 1 fully saturated rings. The summed E-state index contributed by atoms with van der Waals surface area (Å²) < 4.78 is 17.3. The first-order valence-electron chi connectivity index (χ1n) is 11.9. The number of hydrogen-bond donors (Lipinski definition) is 0. The van der Waals surface area contributed by atoms with E-state index in [9.17, 15) is 0 Å². The van der Waals surface area contributed by atoms with E-state index >= 15 is 0 Å². The van der Waals surface area contributed by atoms with Crippen molar-refractivity contribution in [1.29, 1.82) is 0 Å². The van der Waals surface area contributed by atoms with Crippen molar-refractivity contribution in [1.82, 2.24) is 4.90 Å². The Labute approximate surface area is 219 Å². The second-order valence-corrected chi connectivity index (χ2v) is 10.9. The van der Waals surface area contributed by atoms with Gasteiger partial charge in [-0.1, -0.05) is 63.0 Å². The van der Waals surface area contributed by atoms with Crippen molar-refractivity contribution < 1.29 is 14.2 Å². The summed E-state index contributed by atoms with van der Waals surface area (Å²) in [7, 11) is 0. The molecule has 188 valence electrons. The topological polar surface area (TPSA) is 30.9 Å². The highest BCUT2D eigenvalue weighted by Gasteiger charge is 2.26. The van der Waals surface area contributed by atoms with Gasteiger partial charge in [-0.3, -0.25) is 4.90 Å². The van der Waals surface area contributed by atoms with Gasteiger partial charge in [0.1, 0.15) is 5.75 Å². The second-order valence-electron chi connectivity index (χ2n) is 9.82. The Bertz CT molecular complexity index is 891. The highest BCUT2D eigenvalue weighted by atomic mass is 35.5. The molecule has 0 radical (unpaired) electrons. The molecule has 0 amide bonds. The Morgan fingerprint density at radius 3 is 2.09 bits per heavy atom. The highest BCUT2D eigenvalue weighted by Crippen LogP contribution is 2.40. The van der Waals surface area contributed by atoms with Crippen LogP contribution in [0.2, 0.25) is 10.0 Å². The lowest BCUT2D eigenvalue weighted by Gasteiger charge is -2.29. The average molecular weight is 529 g/mol. The van der Waals surface area contributed by atoms with Gasteiger partial charge in [-0.05, 0) is 35.4 Å². The van der Waals surface area contributed by atoms with E-state index in [0.717, 1.165) is 49.7 Å². The maximum absolute atomic E-state index is 6.55. The first-order chi connectivity index (χ1) is 16.2. The number of halogens is 3. The van der Waals surface area contributed by atoms with E-state index in [1.807, 2.05) is 31.2 Å². The van der Waals surface area contributed by atoms with Crippen molar-refractivity contribution >= 4 is 34.8 Å². The molecule has 0 spiro atoms. The van der Waals surface area contributed by atoms with Crippen LogP contribution < -0.4 is 9.47 Å². The van der Waals surface area contributed by atoms with Crippen molar-refractivity contribution in [2.75, 3.05) is 51.9 Å². The standard InChI is InChI=1S/C27H36Cl3NO3/c1-19(15-28)17-34-26-24(29)13-22(14-25(26)30)27(3,4)21-5-7-23(8-6-21)33-18-20(2)16-31-9-11-32-12-10-31/h5-8,13-14,19-20H,9-12,15-18H2,1-4H3. The van der Waals surface area contributed by atoms with Gasteiger partial charge in [0.05, 0.1) is 36.5 Å². The molecule has 3 rings (SSSR count). The maximum Gasteiger partial charge on any atom is 0.156 e.